The molecule has 3 aromatic rings. The van der Waals surface area contributed by atoms with Crippen LogP contribution < -0.4 is 5.14 Å². The van der Waals surface area contributed by atoms with Gasteiger partial charge in [0.25, 0.3) is 0 Å². The normalized spacial score (nSPS) is 11.9. The quantitative estimate of drug-likeness (QED) is 0.610. The zero-order valence-electron chi connectivity index (χ0n) is 16.3. The van der Waals surface area contributed by atoms with Crippen molar-refractivity contribution in [3.63, 3.8) is 0 Å². The van der Waals surface area contributed by atoms with Gasteiger partial charge in [0.2, 0.25) is 10.0 Å². The minimum Gasteiger partial charge on any atom is -0.478 e. The first-order chi connectivity index (χ1) is 14.1. The Bertz CT molecular complexity index is 1290. The van der Waals surface area contributed by atoms with Gasteiger partial charge in [-0.05, 0) is 73.5 Å². The van der Waals surface area contributed by atoms with E-state index < -0.39 is 16.0 Å². The van der Waals surface area contributed by atoms with Crippen LogP contribution in [0.2, 0.25) is 0 Å². The highest BCUT2D eigenvalue weighted by molar-refractivity contribution is 7.89. The number of carboxylic acids is 1. The third-order valence-electron chi connectivity index (χ3n) is 4.76. The van der Waals surface area contributed by atoms with Crippen LogP contribution in [0, 0.1) is 25.2 Å². The zero-order valence-corrected chi connectivity index (χ0v) is 17.1. The predicted octanol–water partition coefficient (Wildman–Crippen LogP) is 3.50. The van der Waals surface area contributed by atoms with Crippen molar-refractivity contribution in [3.05, 3.63) is 82.7 Å². The maximum atomic E-state index is 11.5. The molecule has 7 nitrogen and oxygen atoms in total. The van der Waals surface area contributed by atoms with E-state index in [1.165, 1.54) is 24.3 Å². The lowest BCUT2D eigenvalue weighted by molar-refractivity contribution is 0.0697. The maximum Gasteiger partial charge on any atom is 0.335 e. The first-order valence-electron chi connectivity index (χ1n) is 8.89. The number of rotatable bonds is 5. The predicted molar refractivity (Wildman–Crippen MR) is 114 cm³/mol. The second-order valence-electron chi connectivity index (χ2n) is 6.75. The Morgan fingerprint density at radius 2 is 1.63 bits per heavy atom. The number of hydrogen-bond acceptors (Lipinski definition) is 4. The fourth-order valence-corrected chi connectivity index (χ4v) is 3.76. The van der Waals surface area contributed by atoms with Crippen molar-refractivity contribution in [3.8, 4) is 11.8 Å². The van der Waals surface area contributed by atoms with Crippen LogP contribution in [-0.2, 0) is 10.0 Å². The molecule has 8 heteroatoms. The van der Waals surface area contributed by atoms with Crippen LogP contribution in [0.3, 0.4) is 0 Å². The fraction of sp³-hybridized carbons (Fsp3) is 0.0909. The highest BCUT2D eigenvalue weighted by Crippen LogP contribution is 2.26. The van der Waals surface area contributed by atoms with Gasteiger partial charge in [-0.25, -0.2) is 18.4 Å². The van der Waals surface area contributed by atoms with Crippen molar-refractivity contribution in [1.29, 1.82) is 5.26 Å². The van der Waals surface area contributed by atoms with E-state index in [0.29, 0.717) is 11.1 Å². The molecule has 0 saturated carbocycles. The Balaban J connectivity index is 2.02. The van der Waals surface area contributed by atoms with Crippen molar-refractivity contribution in [2.24, 2.45) is 5.14 Å². The molecule has 0 aliphatic rings. The molecule has 30 heavy (non-hydrogen) atoms. The van der Waals surface area contributed by atoms with Gasteiger partial charge in [-0.15, -0.1) is 0 Å². The summed E-state index contributed by atoms with van der Waals surface area (Å²) >= 11 is 0. The highest BCUT2D eigenvalue weighted by Gasteiger charge is 2.13. The molecule has 0 aliphatic heterocycles. The molecule has 0 spiro atoms. The summed E-state index contributed by atoms with van der Waals surface area (Å²) in [6.07, 6.45) is 1.74. The standard InChI is InChI=1S/C22H19N3O4S/c1-14-11-18(12-19(13-23)16-3-5-17(6-4-16)22(26)27)15(2)25(14)20-7-9-21(10-8-20)30(24,28)29/h3-12H,1-2H3,(H,26,27)(H2,24,28,29)/b19-12-. The molecule has 152 valence electrons. The Labute approximate surface area is 174 Å². The molecular weight excluding hydrogens is 402 g/mol. The zero-order chi connectivity index (χ0) is 22.1. The Hall–Kier alpha value is -3.67. The van der Waals surface area contributed by atoms with E-state index >= 15 is 0 Å². The number of allylic oxidation sites excluding steroid dienone is 1. The van der Waals surface area contributed by atoms with Crippen molar-refractivity contribution < 1.29 is 18.3 Å². The van der Waals surface area contributed by atoms with Crippen LogP contribution in [0.4, 0.5) is 0 Å². The summed E-state index contributed by atoms with van der Waals surface area (Å²) in [7, 11) is -3.77. The summed E-state index contributed by atoms with van der Waals surface area (Å²) in [5, 5.41) is 23.8. The second-order valence-corrected chi connectivity index (χ2v) is 8.31. The molecule has 0 radical (unpaired) electrons. The number of aromatic carboxylic acids is 1. The third kappa shape index (κ3) is 4.17. The fourth-order valence-electron chi connectivity index (χ4n) is 3.24. The van der Waals surface area contributed by atoms with Crippen LogP contribution in [0.1, 0.15) is 32.9 Å². The largest absolute Gasteiger partial charge is 0.478 e. The maximum absolute atomic E-state index is 11.5. The first-order valence-corrected chi connectivity index (χ1v) is 10.4. The summed E-state index contributed by atoms with van der Waals surface area (Å²) in [5.74, 6) is -1.03. The van der Waals surface area contributed by atoms with Crippen LogP contribution in [0.5, 0.6) is 0 Å². The molecule has 0 fully saturated rings. The molecular formula is C22H19N3O4S. The molecule has 1 aromatic heterocycles. The molecule has 2 aromatic carbocycles. The third-order valence-corrected chi connectivity index (χ3v) is 5.69. The topological polar surface area (TPSA) is 126 Å². The molecule has 3 rings (SSSR count). The number of nitrogens with two attached hydrogens (primary N) is 1. The summed E-state index contributed by atoms with van der Waals surface area (Å²) < 4.78 is 24.9. The van der Waals surface area contributed by atoms with E-state index in [0.717, 1.165) is 22.6 Å². The summed E-state index contributed by atoms with van der Waals surface area (Å²) in [6, 6.07) is 16.4. The molecule has 1 heterocycles. The summed E-state index contributed by atoms with van der Waals surface area (Å²) in [6.45, 7) is 3.81. The monoisotopic (exact) mass is 421 g/mol. The molecule has 0 unspecified atom stereocenters. The number of hydrogen-bond donors (Lipinski definition) is 2. The van der Waals surface area contributed by atoms with Gasteiger partial charge in [0, 0.05) is 17.1 Å². The number of nitriles is 1. The van der Waals surface area contributed by atoms with Crippen molar-refractivity contribution in [2.75, 3.05) is 0 Å². The Morgan fingerprint density at radius 3 is 2.13 bits per heavy atom. The van der Waals surface area contributed by atoms with Gasteiger partial charge >= 0.3 is 5.97 Å². The average molecular weight is 421 g/mol. The Kier molecular flexibility index (Phi) is 5.60. The lowest BCUT2D eigenvalue weighted by Crippen LogP contribution is -2.12. The number of carbonyl (C=O) groups is 1. The van der Waals surface area contributed by atoms with Crippen molar-refractivity contribution in [2.45, 2.75) is 18.7 Å². The van der Waals surface area contributed by atoms with Gasteiger partial charge in [-0.3, -0.25) is 0 Å². The van der Waals surface area contributed by atoms with E-state index in [-0.39, 0.29) is 10.5 Å². The van der Waals surface area contributed by atoms with Crippen LogP contribution in [0.25, 0.3) is 17.3 Å². The van der Waals surface area contributed by atoms with Crippen molar-refractivity contribution >= 4 is 27.6 Å². The van der Waals surface area contributed by atoms with Gasteiger partial charge in [-0.2, -0.15) is 5.26 Å². The number of primary sulfonamides is 1. The summed E-state index contributed by atoms with van der Waals surface area (Å²) in [5.41, 5.74) is 4.52. The van der Waals surface area contributed by atoms with Crippen LogP contribution >= 0.6 is 0 Å². The molecule has 0 atom stereocenters. The molecule has 0 aliphatic carbocycles. The second kappa shape index (κ2) is 7.99. The number of sulfonamides is 1. The number of nitrogens with zero attached hydrogens (tertiary/aromatic N) is 2. The van der Waals surface area contributed by atoms with Gasteiger partial charge in [-0.1, -0.05) is 12.1 Å². The van der Waals surface area contributed by atoms with Gasteiger partial charge in [0.05, 0.1) is 22.1 Å². The molecule has 3 N–H and O–H groups in total. The number of carboxylic acid groups (broad SMARTS) is 1. The lowest BCUT2D eigenvalue weighted by atomic mass is 10.0. The smallest absolute Gasteiger partial charge is 0.335 e. The number of aromatic nitrogens is 1. The minimum absolute atomic E-state index is 0.0328. The molecule has 0 amide bonds. The molecule has 0 bridgehead atoms. The van der Waals surface area contributed by atoms with Crippen molar-refractivity contribution in [1.82, 2.24) is 4.57 Å². The van der Waals surface area contributed by atoms with E-state index in [1.807, 2.05) is 24.5 Å². The summed E-state index contributed by atoms with van der Waals surface area (Å²) in [4.78, 5) is 11.0. The van der Waals surface area contributed by atoms with Crippen LogP contribution in [0.15, 0.2) is 59.5 Å². The molecule has 0 saturated heterocycles. The SMILES string of the molecule is Cc1cc(/C=C(/C#N)c2ccc(C(=O)O)cc2)c(C)n1-c1ccc(S(N)(=O)=O)cc1. The van der Waals surface area contributed by atoms with E-state index in [1.54, 1.807) is 30.3 Å². The first kappa shape index (κ1) is 21.0. The van der Waals surface area contributed by atoms with Crippen LogP contribution in [-0.4, -0.2) is 24.1 Å². The van der Waals surface area contributed by atoms with Gasteiger partial charge in [0.15, 0.2) is 0 Å². The number of aryl methyl sites for hydroxylation is 1. The highest BCUT2D eigenvalue weighted by atomic mass is 32.2. The van der Waals surface area contributed by atoms with E-state index in [4.69, 9.17) is 10.2 Å². The number of benzene rings is 2. The van der Waals surface area contributed by atoms with E-state index in [2.05, 4.69) is 6.07 Å². The van der Waals surface area contributed by atoms with Gasteiger partial charge in [0.1, 0.15) is 0 Å². The van der Waals surface area contributed by atoms with Gasteiger partial charge < -0.3 is 9.67 Å². The Morgan fingerprint density at radius 1 is 1.07 bits per heavy atom. The minimum atomic E-state index is -3.77. The average Bonchev–Trinajstić information content (AvgIpc) is 2.98. The van der Waals surface area contributed by atoms with E-state index in [9.17, 15) is 18.5 Å². The lowest BCUT2D eigenvalue weighted by Gasteiger charge is -2.10.